The van der Waals surface area contributed by atoms with Crippen LogP contribution in [0.2, 0.25) is 0 Å². The van der Waals surface area contributed by atoms with Crippen LogP contribution in [0.25, 0.3) is 6.08 Å². The molecule has 0 bridgehead atoms. The molecule has 0 aliphatic carbocycles. The van der Waals surface area contributed by atoms with E-state index in [-0.39, 0.29) is 23.1 Å². The van der Waals surface area contributed by atoms with Crippen molar-refractivity contribution in [3.05, 3.63) is 27.1 Å². The molecular formula is C20H21BrN2O7S. The number of hydrogen-bond donors (Lipinski definition) is 1. The van der Waals surface area contributed by atoms with Crippen LogP contribution in [0.1, 0.15) is 25.3 Å². The summed E-state index contributed by atoms with van der Waals surface area (Å²) < 4.78 is 11.3. The number of ether oxygens (including phenoxy) is 2. The van der Waals surface area contributed by atoms with Crippen LogP contribution in [0.15, 0.2) is 21.5 Å². The van der Waals surface area contributed by atoms with Crippen molar-refractivity contribution in [3.8, 4) is 11.5 Å². The van der Waals surface area contributed by atoms with Crippen molar-refractivity contribution in [2.24, 2.45) is 0 Å². The molecule has 2 heterocycles. The average Bonchev–Trinajstić information content (AvgIpc) is 3.32. The van der Waals surface area contributed by atoms with E-state index in [1.165, 1.54) is 6.08 Å². The molecule has 3 amide bonds. The van der Waals surface area contributed by atoms with Crippen LogP contribution in [-0.2, 0) is 14.4 Å². The predicted molar refractivity (Wildman–Crippen MR) is 117 cm³/mol. The van der Waals surface area contributed by atoms with E-state index in [1.54, 1.807) is 24.0 Å². The SMILES string of the molecule is CCOc1cc(/C=C2/SC(=O)N(CC(=O)N3CCCC3)C2=O)cc(Br)c1OCC(=O)O. The van der Waals surface area contributed by atoms with Gasteiger partial charge in [0.1, 0.15) is 6.54 Å². The Labute approximate surface area is 191 Å². The Morgan fingerprint density at radius 3 is 2.58 bits per heavy atom. The number of amides is 3. The van der Waals surface area contributed by atoms with Gasteiger partial charge < -0.3 is 19.5 Å². The molecule has 0 saturated carbocycles. The van der Waals surface area contributed by atoms with Crippen LogP contribution in [-0.4, -0.2) is 70.8 Å². The zero-order valence-electron chi connectivity index (χ0n) is 16.8. The van der Waals surface area contributed by atoms with Crippen molar-refractivity contribution in [2.75, 3.05) is 32.8 Å². The number of carbonyl (C=O) groups is 4. The highest BCUT2D eigenvalue weighted by Crippen LogP contribution is 2.39. The number of rotatable bonds is 8. The molecule has 2 fully saturated rings. The van der Waals surface area contributed by atoms with Crippen molar-refractivity contribution < 1.29 is 33.8 Å². The Balaban J connectivity index is 1.80. The first-order chi connectivity index (χ1) is 14.8. The monoisotopic (exact) mass is 512 g/mol. The van der Waals surface area contributed by atoms with E-state index in [4.69, 9.17) is 14.6 Å². The fourth-order valence-electron chi connectivity index (χ4n) is 3.20. The van der Waals surface area contributed by atoms with E-state index in [1.807, 2.05) is 0 Å². The lowest BCUT2D eigenvalue weighted by atomic mass is 10.2. The van der Waals surface area contributed by atoms with Crippen LogP contribution in [0, 0.1) is 0 Å². The highest BCUT2D eigenvalue weighted by Gasteiger charge is 2.37. The van der Waals surface area contributed by atoms with E-state index >= 15 is 0 Å². The van der Waals surface area contributed by atoms with Crippen molar-refractivity contribution in [3.63, 3.8) is 0 Å². The van der Waals surface area contributed by atoms with E-state index in [0.29, 0.717) is 35.5 Å². The number of carboxylic acid groups (broad SMARTS) is 1. The van der Waals surface area contributed by atoms with Gasteiger partial charge in [-0.3, -0.25) is 19.3 Å². The molecular weight excluding hydrogens is 492 g/mol. The Hall–Kier alpha value is -2.53. The molecule has 3 rings (SSSR count). The fourth-order valence-corrected chi connectivity index (χ4v) is 4.61. The maximum absolute atomic E-state index is 12.7. The first kappa shape index (κ1) is 23.1. The third kappa shape index (κ3) is 5.59. The first-order valence-electron chi connectivity index (χ1n) is 9.64. The molecule has 2 saturated heterocycles. The predicted octanol–water partition coefficient (Wildman–Crippen LogP) is 2.97. The zero-order valence-corrected chi connectivity index (χ0v) is 19.2. The van der Waals surface area contributed by atoms with E-state index in [2.05, 4.69) is 15.9 Å². The van der Waals surface area contributed by atoms with E-state index < -0.39 is 23.7 Å². The van der Waals surface area contributed by atoms with Gasteiger partial charge in [0.2, 0.25) is 5.91 Å². The minimum absolute atomic E-state index is 0.188. The smallest absolute Gasteiger partial charge is 0.341 e. The lowest BCUT2D eigenvalue weighted by Crippen LogP contribution is -2.40. The highest BCUT2D eigenvalue weighted by molar-refractivity contribution is 9.10. The lowest BCUT2D eigenvalue weighted by molar-refractivity contribution is -0.139. The lowest BCUT2D eigenvalue weighted by Gasteiger charge is -2.18. The van der Waals surface area contributed by atoms with Gasteiger partial charge in [0.15, 0.2) is 18.1 Å². The normalized spacial score (nSPS) is 17.5. The average molecular weight is 513 g/mol. The highest BCUT2D eigenvalue weighted by atomic mass is 79.9. The molecule has 0 radical (unpaired) electrons. The molecule has 31 heavy (non-hydrogen) atoms. The number of likely N-dealkylation sites (tertiary alicyclic amines) is 1. The Morgan fingerprint density at radius 1 is 1.23 bits per heavy atom. The van der Waals surface area contributed by atoms with Crippen LogP contribution >= 0.6 is 27.7 Å². The third-order valence-electron chi connectivity index (χ3n) is 4.60. The summed E-state index contributed by atoms with van der Waals surface area (Å²) in [6.45, 7) is 2.57. The summed E-state index contributed by atoms with van der Waals surface area (Å²) in [6.07, 6.45) is 3.38. The summed E-state index contributed by atoms with van der Waals surface area (Å²) in [7, 11) is 0. The Morgan fingerprint density at radius 2 is 1.94 bits per heavy atom. The fraction of sp³-hybridized carbons (Fsp3) is 0.400. The second-order valence-corrected chi connectivity index (χ2v) is 8.65. The summed E-state index contributed by atoms with van der Waals surface area (Å²) in [4.78, 5) is 51.0. The van der Waals surface area contributed by atoms with Gasteiger partial charge in [0.25, 0.3) is 11.1 Å². The minimum Gasteiger partial charge on any atom is -0.490 e. The van der Waals surface area contributed by atoms with Gasteiger partial charge in [-0.25, -0.2) is 4.79 Å². The van der Waals surface area contributed by atoms with Crippen LogP contribution in [0.3, 0.4) is 0 Å². The number of hydrogen-bond acceptors (Lipinski definition) is 7. The molecule has 0 atom stereocenters. The summed E-state index contributed by atoms with van der Waals surface area (Å²) >= 11 is 4.10. The summed E-state index contributed by atoms with van der Waals surface area (Å²) in [5.74, 6) is -1.36. The molecule has 9 nitrogen and oxygen atoms in total. The molecule has 1 N–H and O–H groups in total. The molecule has 11 heteroatoms. The Bertz CT molecular complexity index is 944. The largest absolute Gasteiger partial charge is 0.490 e. The Kier molecular flexibility index (Phi) is 7.60. The van der Waals surface area contributed by atoms with Crippen molar-refractivity contribution >= 4 is 56.8 Å². The van der Waals surface area contributed by atoms with Gasteiger partial charge in [0.05, 0.1) is 16.0 Å². The standard InChI is InChI=1S/C20H21BrN2O7S/c1-2-29-14-8-12(7-13(21)18(14)30-11-17(25)26)9-15-19(27)23(20(28)31-15)10-16(24)22-5-3-4-6-22/h7-9H,2-6,10-11H2,1H3,(H,25,26)/b15-9+. The summed E-state index contributed by atoms with van der Waals surface area (Å²) in [6, 6.07) is 3.22. The summed E-state index contributed by atoms with van der Waals surface area (Å²) in [5.41, 5.74) is 0.550. The number of benzene rings is 1. The number of nitrogens with zero attached hydrogens (tertiary/aromatic N) is 2. The second kappa shape index (κ2) is 10.2. The molecule has 0 aromatic heterocycles. The topological polar surface area (TPSA) is 113 Å². The third-order valence-corrected chi connectivity index (χ3v) is 6.09. The number of carbonyl (C=O) groups excluding carboxylic acids is 3. The molecule has 1 aromatic carbocycles. The number of imide groups is 1. The van der Waals surface area contributed by atoms with Crippen LogP contribution in [0.4, 0.5) is 4.79 Å². The quantitative estimate of drug-likeness (QED) is 0.528. The molecule has 166 valence electrons. The number of aliphatic carboxylic acids is 1. The van der Waals surface area contributed by atoms with Crippen molar-refractivity contribution in [2.45, 2.75) is 19.8 Å². The molecule has 0 unspecified atom stereocenters. The van der Waals surface area contributed by atoms with Crippen molar-refractivity contribution in [1.82, 2.24) is 9.80 Å². The maximum Gasteiger partial charge on any atom is 0.341 e. The number of thioether (sulfide) groups is 1. The number of carboxylic acids is 1. The molecule has 2 aliphatic rings. The molecule has 1 aromatic rings. The molecule has 2 aliphatic heterocycles. The van der Waals surface area contributed by atoms with Crippen molar-refractivity contribution in [1.29, 1.82) is 0 Å². The molecule has 0 spiro atoms. The van der Waals surface area contributed by atoms with Gasteiger partial charge in [-0.15, -0.1) is 0 Å². The first-order valence-corrected chi connectivity index (χ1v) is 11.2. The van der Waals surface area contributed by atoms with Crippen LogP contribution in [0.5, 0.6) is 11.5 Å². The minimum atomic E-state index is -1.13. The van der Waals surface area contributed by atoms with Gasteiger partial charge in [-0.05, 0) is 71.2 Å². The van der Waals surface area contributed by atoms with Gasteiger partial charge in [0, 0.05) is 13.1 Å². The van der Waals surface area contributed by atoms with Crippen LogP contribution < -0.4 is 9.47 Å². The van der Waals surface area contributed by atoms with Gasteiger partial charge >= 0.3 is 5.97 Å². The zero-order chi connectivity index (χ0) is 22.5. The second-order valence-electron chi connectivity index (χ2n) is 6.80. The van der Waals surface area contributed by atoms with Gasteiger partial charge in [-0.2, -0.15) is 0 Å². The van der Waals surface area contributed by atoms with E-state index in [9.17, 15) is 19.2 Å². The van der Waals surface area contributed by atoms with Gasteiger partial charge in [-0.1, -0.05) is 0 Å². The summed E-state index contributed by atoms with van der Waals surface area (Å²) in [5, 5.41) is 8.36. The maximum atomic E-state index is 12.7. The van der Waals surface area contributed by atoms with E-state index in [0.717, 1.165) is 29.5 Å². The number of halogens is 1.